The molecule has 0 unspecified atom stereocenters. The van der Waals surface area contributed by atoms with Crippen molar-refractivity contribution in [3.8, 4) is 22.8 Å². The third kappa shape index (κ3) is 3.56. The SMILES string of the molecule is COc1ccc(-c2cc3c(=O)n(Cc4cc(F)cc(F)c4)ccn3n2)cc1OC. The summed E-state index contributed by atoms with van der Waals surface area (Å²) in [6, 6.07) is 10.2. The Hall–Kier alpha value is -3.68. The van der Waals surface area contributed by atoms with Crippen LogP contribution in [0, 0.1) is 11.6 Å². The van der Waals surface area contributed by atoms with Crippen LogP contribution in [0.4, 0.5) is 8.78 Å². The van der Waals surface area contributed by atoms with Gasteiger partial charge in [-0.2, -0.15) is 5.10 Å². The Morgan fingerprint density at radius 1 is 0.931 bits per heavy atom. The predicted octanol–water partition coefficient (Wildman–Crippen LogP) is 3.51. The van der Waals surface area contributed by atoms with Gasteiger partial charge in [0.25, 0.3) is 5.56 Å². The van der Waals surface area contributed by atoms with E-state index in [0.717, 1.165) is 11.6 Å². The maximum absolute atomic E-state index is 13.4. The molecule has 0 N–H and O–H groups in total. The van der Waals surface area contributed by atoms with Crippen molar-refractivity contribution in [2.45, 2.75) is 6.54 Å². The molecule has 2 heterocycles. The molecule has 2 aromatic carbocycles. The Balaban J connectivity index is 1.74. The monoisotopic (exact) mass is 397 g/mol. The number of ether oxygens (including phenoxy) is 2. The zero-order valence-electron chi connectivity index (χ0n) is 15.7. The highest BCUT2D eigenvalue weighted by atomic mass is 19.1. The first kappa shape index (κ1) is 18.7. The lowest BCUT2D eigenvalue weighted by atomic mass is 10.1. The molecular weight excluding hydrogens is 380 g/mol. The van der Waals surface area contributed by atoms with Crippen LogP contribution in [0.3, 0.4) is 0 Å². The number of hydrogen-bond donors (Lipinski definition) is 0. The van der Waals surface area contributed by atoms with Crippen LogP contribution >= 0.6 is 0 Å². The second kappa shape index (κ2) is 7.38. The number of fused-ring (bicyclic) bond motifs is 1. The first-order valence-corrected chi connectivity index (χ1v) is 8.74. The van der Waals surface area contributed by atoms with Gasteiger partial charge in [0.05, 0.1) is 26.5 Å². The van der Waals surface area contributed by atoms with Crippen molar-refractivity contribution in [1.82, 2.24) is 14.2 Å². The molecule has 0 aliphatic heterocycles. The van der Waals surface area contributed by atoms with Crippen molar-refractivity contribution in [3.05, 3.63) is 82.4 Å². The standard InChI is InChI=1S/C21H17F2N3O3/c1-28-19-4-3-14(9-20(19)29-2)17-11-18-21(27)25(5-6-26(18)24-17)12-13-7-15(22)10-16(23)8-13/h3-11H,12H2,1-2H3. The van der Waals surface area contributed by atoms with E-state index in [4.69, 9.17) is 9.47 Å². The minimum absolute atomic E-state index is 0.0425. The summed E-state index contributed by atoms with van der Waals surface area (Å²) in [4.78, 5) is 12.8. The van der Waals surface area contributed by atoms with E-state index in [9.17, 15) is 13.6 Å². The van der Waals surface area contributed by atoms with Gasteiger partial charge >= 0.3 is 0 Å². The van der Waals surface area contributed by atoms with Crippen LogP contribution < -0.4 is 15.0 Å². The molecule has 0 aliphatic rings. The molecular formula is C21H17F2N3O3. The van der Waals surface area contributed by atoms with Gasteiger partial charge in [-0.3, -0.25) is 4.79 Å². The molecule has 0 saturated carbocycles. The van der Waals surface area contributed by atoms with Gasteiger partial charge in [0.2, 0.25) is 0 Å². The fourth-order valence-electron chi connectivity index (χ4n) is 3.19. The molecule has 8 heteroatoms. The molecule has 0 aliphatic carbocycles. The summed E-state index contributed by atoms with van der Waals surface area (Å²) in [5.74, 6) is -0.235. The Bertz CT molecular complexity index is 1240. The van der Waals surface area contributed by atoms with Gasteiger partial charge in [0.1, 0.15) is 17.2 Å². The normalized spacial score (nSPS) is 11.0. The first-order valence-electron chi connectivity index (χ1n) is 8.74. The summed E-state index contributed by atoms with van der Waals surface area (Å²) in [5.41, 5.74) is 1.71. The number of methoxy groups -OCH3 is 2. The summed E-state index contributed by atoms with van der Waals surface area (Å²) in [7, 11) is 3.09. The van der Waals surface area contributed by atoms with Gasteiger partial charge in [-0.25, -0.2) is 13.3 Å². The van der Waals surface area contributed by atoms with E-state index in [0.29, 0.717) is 28.3 Å². The minimum atomic E-state index is -0.686. The molecule has 0 radical (unpaired) electrons. The number of aromatic nitrogens is 3. The van der Waals surface area contributed by atoms with E-state index in [1.165, 1.54) is 27.4 Å². The zero-order valence-corrected chi connectivity index (χ0v) is 15.7. The van der Waals surface area contributed by atoms with Crippen molar-refractivity contribution >= 4 is 5.52 Å². The van der Waals surface area contributed by atoms with E-state index in [1.807, 2.05) is 6.07 Å². The lowest BCUT2D eigenvalue weighted by Gasteiger charge is -2.08. The van der Waals surface area contributed by atoms with Gasteiger partial charge in [-0.15, -0.1) is 0 Å². The highest BCUT2D eigenvalue weighted by Crippen LogP contribution is 2.31. The summed E-state index contributed by atoms with van der Waals surface area (Å²) >= 11 is 0. The van der Waals surface area contributed by atoms with Gasteiger partial charge in [0.15, 0.2) is 11.5 Å². The summed E-state index contributed by atoms with van der Waals surface area (Å²) < 4.78 is 40.3. The van der Waals surface area contributed by atoms with Crippen LogP contribution in [0.1, 0.15) is 5.56 Å². The minimum Gasteiger partial charge on any atom is -0.493 e. The predicted molar refractivity (Wildman–Crippen MR) is 103 cm³/mol. The van der Waals surface area contributed by atoms with E-state index < -0.39 is 11.6 Å². The number of nitrogens with zero attached hydrogens (tertiary/aromatic N) is 3. The molecule has 4 aromatic rings. The molecule has 0 fully saturated rings. The van der Waals surface area contributed by atoms with Crippen LogP contribution in [0.2, 0.25) is 0 Å². The molecule has 29 heavy (non-hydrogen) atoms. The highest BCUT2D eigenvalue weighted by molar-refractivity contribution is 5.68. The van der Waals surface area contributed by atoms with Crippen molar-refractivity contribution in [3.63, 3.8) is 0 Å². The maximum Gasteiger partial charge on any atom is 0.276 e. The summed E-state index contributed by atoms with van der Waals surface area (Å²) in [5, 5.41) is 4.44. The van der Waals surface area contributed by atoms with Crippen LogP contribution in [-0.4, -0.2) is 28.4 Å². The molecule has 0 saturated heterocycles. The average Bonchev–Trinajstić information content (AvgIpc) is 3.14. The van der Waals surface area contributed by atoms with Gasteiger partial charge in [0, 0.05) is 24.0 Å². The number of hydrogen-bond acceptors (Lipinski definition) is 4. The van der Waals surface area contributed by atoms with Crippen LogP contribution in [0.5, 0.6) is 11.5 Å². The summed E-state index contributed by atoms with van der Waals surface area (Å²) in [6.45, 7) is 0.0425. The third-order valence-corrected chi connectivity index (χ3v) is 4.56. The Labute approximate surface area is 164 Å². The number of benzene rings is 2. The Morgan fingerprint density at radius 3 is 2.34 bits per heavy atom. The van der Waals surface area contributed by atoms with Crippen LogP contribution in [0.15, 0.2) is 59.7 Å². The van der Waals surface area contributed by atoms with Crippen molar-refractivity contribution in [2.75, 3.05) is 14.2 Å². The van der Waals surface area contributed by atoms with Gasteiger partial charge in [-0.1, -0.05) is 0 Å². The van der Waals surface area contributed by atoms with Crippen molar-refractivity contribution in [2.24, 2.45) is 0 Å². The smallest absolute Gasteiger partial charge is 0.276 e. The van der Waals surface area contributed by atoms with Crippen molar-refractivity contribution in [1.29, 1.82) is 0 Å². The lowest BCUT2D eigenvalue weighted by molar-refractivity contribution is 0.355. The third-order valence-electron chi connectivity index (χ3n) is 4.56. The molecule has 6 nitrogen and oxygen atoms in total. The Morgan fingerprint density at radius 2 is 1.66 bits per heavy atom. The van der Waals surface area contributed by atoms with E-state index in [2.05, 4.69) is 5.10 Å². The molecule has 2 aromatic heterocycles. The van der Waals surface area contributed by atoms with Crippen LogP contribution in [0.25, 0.3) is 16.8 Å². The van der Waals surface area contributed by atoms with Crippen molar-refractivity contribution < 1.29 is 18.3 Å². The van der Waals surface area contributed by atoms with Gasteiger partial charge < -0.3 is 14.0 Å². The fraction of sp³-hybridized carbons (Fsp3) is 0.143. The molecule has 0 bridgehead atoms. The molecule has 4 rings (SSSR count). The molecule has 148 valence electrons. The van der Waals surface area contributed by atoms with E-state index in [1.54, 1.807) is 38.6 Å². The average molecular weight is 397 g/mol. The summed E-state index contributed by atoms with van der Waals surface area (Å²) in [6.07, 6.45) is 3.15. The highest BCUT2D eigenvalue weighted by Gasteiger charge is 2.12. The first-order chi connectivity index (χ1) is 14.0. The van der Waals surface area contributed by atoms with E-state index >= 15 is 0 Å². The zero-order chi connectivity index (χ0) is 20.5. The molecule has 0 spiro atoms. The second-order valence-corrected chi connectivity index (χ2v) is 6.44. The maximum atomic E-state index is 13.4. The lowest BCUT2D eigenvalue weighted by Crippen LogP contribution is -2.21. The number of rotatable bonds is 5. The largest absolute Gasteiger partial charge is 0.493 e. The van der Waals surface area contributed by atoms with Gasteiger partial charge in [-0.05, 0) is 42.0 Å². The quantitative estimate of drug-likeness (QED) is 0.517. The topological polar surface area (TPSA) is 57.8 Å². The molecule has 0 atom stereocenters. The fourth-order valence-corrected chi connectivity index (χ4v) is 3.19. The van der Waals surface area contributed by atoms with Crippen LogP contribution in [-0.2, 0) is 6.54 Å². The van der Waals surface area contributed by atoms with E-state index in [-0.39, 0.29) is 12.1 Å². The Kier molecular flexibility index (Phi) is 4.75. The number of halogens is 2. The second-order valence-electron chi connectivity index (χ2n) is 6.44. The molecule has 0 amide bonds.